The Morgan fingerprint density at radius 1 is 0.284 bits per heavy atom. The summed E-state index contributed by atoms with van der Waals surface area (Å²) in [7, 11) is 0. The standard InChI is InChI=1S/C49H63N13O5/c50-40-11-1-35(2-12-40)25-55-45(63)30-60(21-23-61(31-46(64)56-26-36-3-13-41(51)14-4-36)32-47(65)57-27-37-5-15-42(52)16-6-37)22-24-62(33-48(66)58-28-38-7-17-43(53)18-8-38)34-49(67)59-29-39-9-19-44(54)20-10-39/h1-20H,21-34,50-54H2,(H,55,63)(H,56,64)(H,57,65)(H,58,66)(H,59,67). The van der Waals surface area contributed by atoms with Gasteiger partial charge in [-0.3, -0.25) is 38.7 Å². The molecule has 0 aromatic heterocycles. The fourth-order valence-electron chi connectivity index (χ4n) is 6.74. The predicted molar refractivity (Wildman–Crippen MR) is 263 cm³/mol. The third-order valence-electron chi connectivity index (χ3n) is 10.6. The first kappa shape index (κ1) is 50.3. The fourth-order valence-corrected chi connectivity index (χ4v) is 6.74. The third-order valence-corrected chi connectivity index (χ3v) is 10.6. The monoisotopic (exact) mass is 914 g/mol. The molecule has 5 aromatic carbocycles. The zero-order chi connectivity index (χ0) is 48.0. The van der Waals surface area contributed by atoms with Gasteiger partial charge in [0.1, 0.15) is 0 Å². The lowest BCUT2D eigenvalue weighted by Crippen LogP contribution is -2.49. The van der Waals surface area contributed by atoms with Crippen LogP contribution in [0.5, 0.6) is 0 Å². The minimum absolute atomic E-state index is 0.0595. The zero-order valence-corrected chi connectivity index (χ0v) is 37.7. The molecule has 0 radical (unpaired) electrons. The molecule has 15 N–H and O–H groups in total. The zero-order valence-electron chi connectivity index (χ0n) is 37.7. The van der Waals surface area contributed by atoms with Gasteiger partial charge >= 0.3 is 0 Å². The van der Waals surface area contributed by atoms with Crippen LogP contribution in [0.25, 0.3) is 0 Å². The SMILES string of the molecule is Nc1ccc(CNC(=O)CN(CCN(CC(=O)NCc2ccc(N)cc2)CC(=O)NCc2ccc(N)cc2)CCN(CC(=O)NCc2ccc(N)cc2)CC(=O)NCc2ccc(N)cc2)cc1. The molecular weight excluding hydrogens is 851 g/mol. The molecule has 0 aliphatic heterocycles. The van der Waals surface area contributed by atoms with Gasteiger partial charge < -0.3 is 55.3 Å². The number of nitrogen functional groups attached to an aromatic ring is 5. The molecule has 0 aliphatic rings. The molecule has 18 nitrogen and oxygen atoms in total. The van der Waals surface area contributed by atoms with Gasteiger partial charge in [0.2, 0.25) is 29.5 Å². The Labute approximate surface area is 391 Å². The lowest BCUT2D eigenvalue weighted by molar-refractivity contribution is -0.126. The van der Waals surface area contributed by atoms with Crippen molar-refractivity contribution in [2.75, 3.05) is 87.6 Å². The molecule has 5 amide bonds. The molecule has 0 bridgehead atoms. The number of carbonyl (C=O) groups is 5. The molecule has 0 unspecified atom stereocenters. The van der Waals surface area contributed by atoms with E-state index in [1.807, 2.05) is 65.6 Å². The summed E-state index contributed by atoms with van der Waals surface area (Å²) in [6, 6.07) is 35.8. The first-order valence-corrected chi connectivity index (χ1v) is 22.0. The molecule has 18 heteroatoms. The van der Waals surface area contributed by atoms with Crippen molar-refractivity contribution < 1.29 is 24.0 Å². The second-order valence-electron chi connectivity index (χ2n) is 16.3. The number of anilines is 5. The first-order valence-electron chi connectivity index (χ1n) is 22.0. The minimum Gasteiger partial charge on any atom is -0.399 e. The lowest BCUT2D eigenvalue weighted by Gasteiger charge is -2.29. The molecule has 0 aliphatic carbocycles. The van der Waals surface area contributed by atoms with Crippen molar-refractivity contribution in [3.63, 3.8) is 0 Å². The molecule has 0 atom stereocenters. The molecule has 354 valence electrons. The molecule has 0 spiro atoms. The van der Waals surface area contributed by atoms with E-state index in [2.05, 4.69) is 26.6 Å². The Hall–Kier alpha value is -7.67. The highest BCUT2D eigenvalue weighted by Crippen LogP contribution is 2.09. The fraction of sp³-hybridized carbons (Fsp3) is 0.286. The summed E-state index contributed by atoms with van der Waals surface area (Å²) in [6.07, 6.45) is 0. The van der Waals surface area contributed by atoms with E-state index >= 15 is 0 Å². The van der Waals surface area contributed by atoms with E-state index in [0.717, 1.165) is 27.8 Å². The van der Waals surface area contributed by atoms with Crippen LogP contribution in [0, 0.1) is 0 Å². The predicted octanol–water partition coefficient (Wildman–Crippen LogP) is 1.39. The van der Waals surface area contributed by atoms with Gasteiger partial charge in [0.05, 0.1) is 32.7 Å². The molecule has 0 saturated carbocycles. The van der Waals surface area contributed by atoms with Gasteiger partial charge in [-0.2, -0.15) is 0 Å². The Morgan fingerprint density at radius 3 is 0.642 bits per heavy atom. The molecule has 0 fully saturated rings. The van der Waals surface area contributed by atoms with E-state index in [1.165, 1.54) is 0 Å². The number of hydrogen-bond acceptors (Lipinski definition) is 13. The average molecular weight is 914 g/mol. The van der Waals surface area contributed by atoms with E-state index in [0.29, 0.717) is 28.4 Å². The minimum atomic E-state index is -0.308. The van der Waals surface area contributed by atoms with Gasteiger partial charge in [0.15, 0.2) is 0 Å². The van der Waals surface area contributed by atoms with Gasteiger partial charge in [0, 0.05) is 87.3 Å². The maximum absolute atomic E-state index is 13.6. The van der Waals surface area contributed by atoms with Gasteiger partial charge in [0.25, 0.3) is 0 Å². The second-order valence-corrected chi connectivity index (χ2v) is 16.3. The van der Waals surface area contributed by atoms with E-state index in [9.17, 15) is 24.0 Å². The number of rotatable bonds is 26. The van der Waals surface area contributed by atoms with Crippen LogP contribution in [-0.2, 0) is 56.7 Å². The van der Waals surface area contributed by atoms with Crippen LogP contribution in [0.2, 0.25) is 0 Å². The van der Waals surface area contributed by atoms with Crippen molar-refractivity contribution in [3.05, 3.63) is 149 Å². The number of hydrogen-bond donors (Lipinski definition) is 10. The summed E-state index contributed by atoms with van der Waals surface area (Å²) in [5, 5.41) is 14.6. The van der Waals surface area contributed by atoms with Crippen molar-refractivity contribution >= 4 is 58.0 Å². The summed E-state index contributed by atoms with van der Waals surface area (Å²) in [5.41, 5.74) is 36.5. The summed E-state index contributed by atoms with van der Waals surface area (Å²) in [4.78, 5) is 72.4. The average Bonchev–Trinajstić information content (AvgIpc) is 3.31. The van der Waals surface area contributed by atoms with Gasteiger partial charge in [-0.1, -0.05) is 60.7 Å². The lowest BCUT2D eigenvalue weighted by atomic mass is 10.2. The van der Waals surface area contributed by atoms with Crippen LogP contribution in [0.15, 0.2) is 121 Å². The Kier molecular flexibility index (Phi) is 19.8. The number of amides is 5. The van der Waals surface area contributed by atoms with Crippen molar-refractivity contribution in [1.29, 1.82) is 0 Å². The van der Waals surface area contributed by atoms with Crippen molar-refractivity contribution in [2.24, 2.45) is 0 Å². The highest BCUT2D eigenvalue weighted by Gasteiger charge is 2.21. The highest BCUT2D eigenvalue weighted by atomic mass is 16.2. The third kappa shape index (κ3) is 19.5. The molecule has 67 heavy (non-hydrogen) atoms. The van der Waals surface area contributed by atoms with E-state index < -0.39 is 0 Å². The van der Waals surface area contributed by atoms with Gasteiger partial charge in [-0.25, -0.2) is 0 Å². The molecule has 5 rings (SSSR count). The smallest absolute Gasteiger partial charge is 0.234 e. The normalized spacial score (nSPS) is 11.0. The van der Waals surface area contributed by atoms with Gasteiger partial charge in [-0.05, 0) is 88.5 Å². The van der Waals surface area contributed by atoms with Crippen LogP contribution in [0.1, 0.15) is 27.8 Å². The van der Waals surface area contributed by atoms with E-state index in [4.69, 9.17) is 28.7 Å². The van der Waals surface area contributed by atoms with Crippen LogP contribution in [0.3, 0.4) is 0 Å². The Balaban J connectivity index is 1.29. The topological polar surface area (TPSA) is 285 Å². The van der Waals surface area contributed by atoms with Crippen LogP contribution in [0.4, 0.5) is 28.4 Å². The Morgan fingerprint density at radius 2 is 0.448 bits per heavy atom. The Bertz CT molecular complexity index is 2080. The van der Waals surface area contributed by atoms with Crippen LogP contribution in [-0.4, -0.2) is 103 Å². The van der Waals surface area contributed by atoms with Crippen molar-refractivity contribution in [2.45, 2.75) is 32.7 Å². The number of nitrogens with zero attached hydrogens (tertiary/aromatic N) is 3. The van der Waals surface area contributed by atoms with E-state index in [1.54, 1.807) is 70.5 Å². The number of nitrogens with two attached hydrogens (primary N) is 5. The number of nitrogens with one attached hydrogen (secondary N) is 5. The quantitative estimate of drug-likeness (QED) is 0.0352. The second kappa shape index (κ2) is 26.3. The van der Waals surface area contributed by atoms with E-state index in [-0.39, 0.29) is 121 Å². The number of benzene rings is 5. The van der Waals surface area contributed by atoms with Crippen molar-refractivity contribution in [3.8, 4) is 0 Å². The number of carbonyl (C=O) groups excluding carboxylic acids is 5. The molecule has 0 saturated heterocycles. The molecular formula is C49H63N13O5. The molecule has 0 heterocycles. The maximum Gasteiger partial charge on any atom is 0.234 e. The largest absolute Gasteiger partial charge is 0.399 e. The highest BCUT2D eigenvalue weighted by molar-refractivity contribution is 5.82. The summed E-state index contributed by atoms with van der Waals surface area (Å²) >= 11 is 0. The summed E-state index contributed by atoms with van der Waals surface area (Å²) in [5.74, 6) is -1.51. The van der Waals surface area contributed by atoms with Crippen LogP contribution >= 0.6 is 0 Å². The first-order chi connectivity index (χ1) is 32.2. The van der Waals surface area contributed by atoms with Crippen molar-refractivity contribution in [1.82, 2.24) is 41.3 Å². The van der Waals surface area contributed by atoms with Crippen LogP contribution < -0.4 is 55.3 Å². The molecule has 5 aromatic rings. The summed E-state index contributed by atoms with van der Waals surface area (Å²) in [6.45, 7) is 1.67. The maximum atomic E-state index is 13.6. The van der Waals surface area contributed by atoms with Gasteiger partial charge in [-0.15, -0.1) is 0 Å². The summed E-state index contributed by atoms with van der Waals surface area (Å²) < 4.78 is 0.